The monoisotopic (exact) mass is 364 g/mol. The predicted octanol–water partition coefficient (Wildman–Crippen LogP) is 2.37. The zero-order valence-electron chi connectivity index (χ0n) is 15.2. The lowest BCUT2D eigenvalue weighted by molar-refractivity contribution is 0.0602. The van der Waals surface area contributed by atoms with Gasteiger partial charge in [0.2, 0.25) is 5.78 Å². The van der Waals surface area contributed by atoms with Crippen LogP contribution in [0.5, 0.6) is 5.75 Å². The molecule has 3 aliphatic heterocycles. The van der Waals surface area contributed by atoms with Crippen molar-refractivity contribution in [1.82, 2.24) is 4.98 Å². The van der Waals surface area contributed by atoms with Crippen molar-refractivity contribution in [3.63, 3.8) is 0 Å². The molecule has 0 bridgehead atoms. The number of carbonyl (C=O) groups is 1. The summed E-state index contributed by atoms with van der Waals surface area (Å²) in [5.41, 5.74) is 2.34. The second-order valence-electron chi connectivity index (χ2n) is 7.30. The van der Waals surface area contributed by atoms with Gasteiger partial charge in [0.15, 0.2) is 17.2 Å². The van der Waals surface area contributed by atoms with E-state index in [9.17, 15) is 9.90 Å². The molecular weight excluding hydrogens is 344 g/mol. The first-order valence-electron chi connectivity index (χ1n) is 9.09. The number of aromatic nitrogens is 1. The van der Waals surface area contributed by atoms with Crippen LogP contribution in [0.25, 0.3) is 0 Å². The number of aryl methyl sites for hydroxylation is 2. The Morgan fingerprint density at radius 1 is 1.26 bits per heavy atom. The van der Waals surface area contributed by atoms with Crippen molar-refractivity contribution in [3.8, 4) is 5.75 Å². The first-order chi connectivity index (χ1) is 13.0. The van der Waals surface area contributed by atoms with Crippen LogP contribution in [0.3, 0.4) is 0 Å². The number of ketones is 1. The number of nitrogens with one attached hydrogen (secondary N) is 1. The van der Waals surface area contributed by atoms with Gasteiger partial charge in [0.1, 0.15) is 12.4 Å². The number of amidine groups is 1. The Bertz CT molecular complexity index is 1020. The fraction of sp³-hybridized carbons (Fsp3) is 0.350. The minimum Gasteiger partial charge on any atom is -0.488 e. The molecule has 2 N–H and O–H groups in total. The number of ether oxygens (including phenoxy) is 1. The van der Waals surface area contributed by atoms with Gasteiger partial charge < -0.3 is 20.1 Å². The topological polar surface area (TPSA) is 87.0 Å². The Kier molecular flexibility index (Phi) is 3.33. The molecule has 0 aliphatic carbocycles. The molecule has 0 spiro atoms. The number of aliphatic imine (C=N–C) groups is 1. The molecule has 0 amide bonds. The number of benzene rings is 1. The van der Waals surface area contributed by atoms with Gasteiger partial charge in [-0.3, -0.25) is 4.79 Å². The maximum Gasteiger partial charge on any atom is 0.204 e. The number of fused-ring (bicyclic) bond motifs is 3. The van der Waals surface area contributed by atoms with Gasteiger partial charge in [-0.2, -0.15) is 0 Å². The molecule has 4 heterocycles. The molecule has 2 aromatic rings. The van der Waals surface area contributed by atoms with Crippen LogP contribution in [0.1, 0.15) is 27.9 Å². The van der Waals surface area contributed by atoms with Crippen molar-refractivity contribution in [2.75, 3.05) is 29.9 Å². The van der Waals surface area contributed by atoms with Crippen LogP contribution in [0.15, 0.2) is 29.4 Å². The van der Waals surface area contributed by atoms with Gasteiger partial charge in [-0.1, -0.05) is 0 Å². The fourth-order valence-corrected chi connectivity index (χ4v) is 3.90. The number of anilines is 2. The third-order valence-electron chi connectivity index (χ3n) is 5.58. The third-order valence-corrected chi connectivity index (χ3v) is 5.58. The second-order valence-corrected chi connectivity index (χ2v) is 7.30. The Labute approximate surface area is 156 Å². The average Bonchev–Trinajstić information content (AvgIpc) is 3.01. The van der Waals surface area contributed by atoms with E-state index in [0.29, 0.717) is 48.2 Å². The molecule has 7 nitrogen and oxygen atoms in total. The van der Waals surface area contributed by atoms with Gasteiger partial charge in [0.05, 0.1) is 24.1 Å². The van der Waals surface area contributed by atoms with E-state index in [2.05, 4.69) is 15.3 Å². The number of rotatable bonds is 1. The van der Waals surface area contributed by atoms with Crippen LogP contribution in [0.2, 0.25) is 0 Å². The SMILES string of the molecule is Cc1cc2c(cc1C)C(=O)C1(O)CCN(c3cnc4c(c3)OCCN4)C1=N2. The molecule has 1 saturated heterocycles. The maximum atomic E-state index is 13.1. The van der Waals surface area contributed by atoms with Crippen molar-refractivity contribution < 1.29 is 14.6 Å². The van der Waals surface area contributed by atoms with Crippen LogP contribution in [0.4, 0.5) is 17.2 Å². The van der Waals surface area contributed by atoms with E-state index in [1.54, 1.807) is 6.20 Å². The molecule has 5 rings (SSSR count). The van der Waals surface area contributed by atoms with Gasteiger partial charge in [-0.25, -0.2) is 9.98 Å². The lowest BCUT2D eigenvalue weighted by Gasteiger charge is -2.30. The summed E-state index contributed by atoms with van der Waals surface area (Å²) in [6.45, 7) is 5.74. The van der Waals surface area contributed by atoms with Gasteiger partial charge in [0, 0.05) is 24.6 Å². The summed E-state index contributed by atoms with van der Waals surface area (Å²) in [5, 5.41) is 14.4. The van der Waals surface area contributed by atoms with Gasteiger partial charge in [-0.15, -0.1) is 0 Å². The highest BCUT2D eigenvalue weighted by Crippen LogP contribution is 2.41. The number of hydrogen-bond donors (Lipinski definition) is 2. The summed E-state index contributed by atoms with van der Waals surface area (Å²) < 4.78 is 5.67. The number of hydrogen-bond acceptors (Lipinski definition) is 7. The Balaban J connectivity index is 1.62. The van der Waals surface area contributed by atoms with Crippen molar-refractivity contribution in [2.24, 2.45) is 4.99 Å². The molecule has 0 radical (unpaired) electrons. The zero-order valence-corrected chi connectivity index (χ0v) is 15.2. The lowest BCUT2D eigenvalue weighted by Crippen LogP contribution is -2.48. The van der Waals surface area contributed by atoms with E-state index in [-0.39, 0.29) is 5.78 Å². The summed E-state index contributed by atoms with van der Waals surface area (Å²) in [4.78, 5) is 24.1. The molecule has 27 heavy (non-hydrogen) atoms. The number of Topliss-reactive ketones (excluding diaryl/α,β-unsaturated/α-hetero) is 1. The van der Waals surface area contributed by atoms with Crippen LogP contribution in [-0.4, -0.2) is 47.0 Å². The smallest absolute Gasteiger partial charge is 0.204 e. The van der Waals surface area contributed by atoms with E-state index in [0.717, 1.165) is 23.4 Å². The fourth-order valence-electron chi connectivity index (χ4n) is 3.90. The van der Waals surface area contributed by atoms with E-state index in [1.165, 1.54) is 0 Å². The molecule has 1 fully saturated rings. The zero-order chi connectivity index (χ0) is 18.8. The Morgan fingerprint density at radius 2 is 2.07 bits per heavy atom. The summed E-state index contributed by atoms with van der Waals surface area (Å²) in [5.74, 6) is 1.46. The summed E-state index contributed by atoms with van der Waals surface area (Å²) >= 11 is 0. The van der Waals surface area contributed by atoms with E-state index < -0.39 is 5.60 Å². The van der Waals surface area contributed by atoms with Crippen molar-refractivity contribution in [3.05, 3.63) is 41.1 Å². The number of carbonyl (C=O) groups excluding carboxylic acids is 1. The minimum atomic E-state index is -1.59. The highest BCUT2D eigenvalue weighted by molar-refractivity contribution is 6.28. The molecule has 138 valence electrons. The highest BCUT2D eigenvalue weighted by atomic mass is 16.5. The van der Waals surface area contributed by atoms with Crippen LogP contribution < -0.4 is 15.0 Å². The van der Waals surface area contributed by atoms with Crippen molar-refractivity contribution >= 4 is 28.8 Å². The first-order valence-corrected chi connectivity index (χ1v) is 9.09. The van der Waals surface area contributed by atoms with Crippen molar-refractivity contribution in [1.29, 1.82) is 0 Å². The molecular formula is C20H20N4O3. The average molecular weight is 364 g/mol. The first kappa shape index (κ1) is 16.3. The van der Waals surface area contributed by atoms with Crippen molar-refractivity contribution in [2.45, 2.75) is 25.9 Å². The second kappa shape index (κ2) is 5.53. The standard InChI is InChI=1S/C20H20N4O3/c1-11-7-14-15(8-12(11)2)23-19-20(26,17(14)25)3-5-24(19)13-9-16-18(22-10-13)21-4-6-27-16/h7-10,26H,3-6H2,1-2H3,(H,21,22). The molecule has 1 atom stereocenters. The molecule has 7 heteroatoms. The molecule has 1 aromatic heterocycles. The predicted molar refractivity (Wildman–Crippen MR) is 102 cm³/mol. The van der Waals surface area contributed by atoms with Crippen LogP contribution >= 0.6 is 0 Å². The molecule has 1 unspecified atom stereocenters. The number of nitrogens with zero attached hydrogens (tertiary/aromatic N) is 3. The van der Waals surface area contributed by atoms with Gasteiger partial charge in [-0.05, 0) is 37.1 Å². The quantitative estimate of drug-likeness (QED) is 0.808. The number of aliphatic hydroxyl groups is 1. The molecule has 0 saturated carbocycles. The van der Waals surface area contributed by atoms with Gasteiger partial charge in [0.25, 0.3) is 0 Å². The van der Waals surface area contributed by atoms with Gasteiger partial charge >= 0.3 is 0 Å². The maximum absolute atomic E-state index is 13.1. The Morgan fingerprint density at radius 3 is 2.93 bits per heavy atom. The van der Waals surface area contributed by atoms with Crippen LogP contribution in [0, 0.1) is 13.8 Å². The summed E-state index contributed by atoms with van der Waals surface area (Å²) in [6.07, 6.45) is 2.02. The van der Waals surface area contributed by atoms with Crippen LogP contribution in [-0.2, 0) is 0 Å². The van der Waals surface area contributed by atoms with E-state index in [1.807, 2.05) is 36.9 Å². The normalized spacial score (nSPS) is 23.0. The number of pyridine rings is 1. The summed E-state index contributed by atoms with van der Waals surface area (Å²) in [7, 11) is 0. The lowest BCUT2D eigenvalue weighted by atomic mass is 9.86. The summed E-state index contributed by atoms with van der Waals surface area (Å²) in [6, 6.07) is 5.61. The third kappa shape index (κ3) is 2.28. The van der Waals surface area contributed by atoms with E-state index in [4.69, 9.17) is 4.74 Å². The Hall–Kier alpha value is -2.93. The molecule has 3 aliphatic rings. The minimum absolute atomic E-state index is 0.281. The van der Waals surface area contributed by atoms with E-state index >= 15 is 0 Å². The molecule has 1 aromatic carbocycles. The highest BCUT2D eigenvalue weighted by Gasteiger charge is 2.52. The largest absolute Gasteiger partial charge is 0.488 e.